The molecule has 0 aromatic rings. The first-order valence-corrected chi connectivity index (χ1v) is 4.29. The number of fused-ring (bicyclic) bond motifs is 2. The average molecular weight is 123 g/mol. The van der Waals surface area contributed by atoms with Crippen molar-refractivity contribution in [1.29, 1.82) is 0 Å². The molecule has 2 bridgehead atoms. The molecule has 0 saturated heterocycles. The Bertz CT molecular complexity index is 76.2. The largest absolute Gasteiger partial charge is 0.0525 e. The smallest absolute Gasteiger partial charge is 0.0238 e. The van der Waals surface area contributed by atoms with Crippen LogP contribution in [0.2, 0.25) is 0 Å². The van der Waals surface area contributed by atoms with Crippen LogP contribution >= 0.6 is 0 Å². The standard InChI is InChI=1S/C9H15/c1-3-8-5-2-6-9(4-1)7-8/h8H,1-7H2. The molecular weight excluding hydrogens is 108 g/mol. The van der Waals surface area contributed by atoms with Crippen LogP contribution in [0.1, 0.15) is 44.9 Å². The molecule has 2 saturated carbocycles. The Morgan fingerprint density at radius 3 is 2.11 bits per heavy atom. The summed E-state index contributed by atoms with van der Waals surface area (Å²) in [6.45, 7) is 0. The van der Waals surface area contributed by atoms with Crippen LogP contribution in [0.3, 0.4) is 0 Å². The van der Waals surface area contributed by atoms with Crippen LogP contribution in [0.25, 0.3) is 0 Å². The zero-order valence-corrected chi connectivity index (χ0v) is 6.03. The minimum atomic E-state index is 1.11. The van der Waals surface area contributed by atoms with E-state index in [1.165, 1.54) is 44.9 Å². The van der Waals surface area contributed by atoms with Gasteiger partial charge in [-0.05, 0) is 31.1 Å². The minimum absolute atomic E-state index is 1.11. The lowest BCUT2D eigenvalue weighted by atomic mass is 9.72. The average Bonchev–Trinajstić information content (AvgIpc) is 1.88. The number of rotatable bonds is 0. The van der Waals surface area contributed by atoms with Crippen molar-refractivity contribution < 1.29 is 0 Å². The molecule has 0 aliphatic heterocycles. The lowest BCUT2D eigenvalue weighted by Gasteiger charge is -2.33. The van der Waals surface area contributed by atoms with Crippen molar-refractivity contribution in [2.24, 2.45) is 5.92 Å². The van der Waals surface area contributed by atoms with E-state index >= 15 is 0 Å². The molecule has 2 rings (SSSR count). The van der Waals surface area contributed by atoms with Gasteiger partial charge in [0.1, 0.15) is 0 Å². The minimum Gasteiger partial charge on any atom is -0.0525 e. The van der Waals surface area contributed by atoms with E-state index < -0.39 is 0 Å². The van der Waals surface area contributed by atoms with Gasteiger partial charge in [0.2, 0.25) is 0 Å². The van der Waals surface area contributed by atoms with E-state index in [1.807, 2.05) is 5.92 Å². The molecule has 2 aliphatic rings. The summed E-state index contributed by atoms with van der Waals surface area (Å²) >= 11 is 0. The van der Waals surface area contributed by atoms with Gasteiger partial charge in [0, 0.05) is 0 Å². The first-order chi connectivity index (χ1) is 4.45. The predicted molar refractivity (Wildman–Crippen MR) is 39.1 cm³/mol. The van der Waals surface area contributed by atoms with Gasteiger partial charge in [0.15, 0.2) is 0 Å². The zero-order valence-electron chi connectivity index (χ0n) is 6.03. The van der Waals surface area contributed by atoms with E-state index in [4.69, 9.17) is 0 Å². The van der Waals surface area contributed by atoms with Gasteiger partial charge in [0.25, 0.3) is 0 Å². The first-order valence-electron chi connectivity index (χ1n) is 4.29. The third-order valence-electron chi connectivity index (χ3n) is 2.86. The Labute approximate surface area is 57.6 Å². The quantitative estimate of drug-likeness (QED) is 0.464. The molecule has 2 aliphatic carbocycles. The summed E-state index contributed by atoms with van der Waals surface area (Å²) in [6.07, 6.45) is 10.5. The Morgan fingerprint density at radius 2 is 1.67 bits per heavy atom. The van der Waals surface area contributed by atoms with Crippen molar-refractivity contribution in [3.63, 3.8) is 0 Å². The molecule has 0 unspecified atom stereocenters. The molecule has 9 heavy (non-hydrogen) atoms. The van der Waals surface area contributed by atoms with Crippen LogP contribution in [0.4, 0.5) is 0 Å². The van der Waals surface area contributed by atoms with Crippen molar-refractivity contribution in [2.75, 3.05) is 0 Å². The molecule has 1 radical (unpaired) electrons. The van der Waals surface area contributed by atoms with Gasteiger partial charge in [-0.1, -0.05) is 25.7 Å². The van der Waals surface area contributed by atoms with Gasteiger partial charge in [-0.2, -0.15) is 0 Å². The normalized spacial score (nSPS) is 30.7. The lowest BCUT2D eigenvalue weighted by Crippen LogP contribution is -2.18. The van der Waals surface area contributed by atoms with Crippen LogP contribution in [-0.4, -0.2) is 0 Å². The Morgan fingerprint density at radius 1 is 1.00 bits per heavy atom. The highest BCUT2D eigenvalue weighted by Crippen LogP contribution is 2.40. The van der Waals surface area contributed by atoms with Crippen molar-refractivity contribution >= 4 is 0 Å². The van der Waals surface area contributed by atoms with Gasteiger partial charge in [0.05, 0.1) is 0 Å². The fourth-order valence-corrected chi connectivity index (χ4v) is 2.37. The van der Waals surface area contributed by atoms with Crippen molar-refractivity contribution in [1.82, 2.24) is 0 Å². The molecule has 0 atom stereocenters. The second-order valence-electron chi connectivity index (χ2n) is 3.60. The highest BCUT2D eigenvalue weighted by Gasteiger charge is 2.25. The van der Waals surface area contributed by atoms with Crippen molar-refractivity contribution in [3.05, 3.63) is 5.92 Å². The van der Waals surface area contributed by atoms with Crippen LogP contribution in [0.5, 0.6) is 0 Å². The van der Waals surface area contributed by atoms with Crippen LogP contribution < -0.4 is 0 Å². The zero-order chi connectivity index (χ0) is 6.10. The highest BCUT2D eigenvalue weighted by molar-refractivity contribution is 4.98. The maximum atomic E-state index is 1.89. The van der Waals surface area contributed by atoms with E-state index in [2.05, 4.69) is 0 Å². The van der Waals surface area contributed by atoms with Gasteiger partial charge in [-0.25, -0.2) is 0 Å². The predicted octanol–water partition coefficient (Wildman–Crippen LogP) is 2.93. The summed E-state index contributed by atoms with van der Waals surface area (Å²) < 4.78 is 0. The van der Waals surface area contributed by atoms with Gasteiger partial charge >= 0.3 is 0 Å². The fourth-order valence-electron chi connectivity index (χ4n) is 2.37. The molecular formula is C9H15. The van der Waals surface area contributed by atoms with E-state index in [1.54, 1.807) is 0 Å². The summed E-state index contributed by atoms with van der Waals surface area (Å²) in [7, 11) is 0. The molecule has 0 heterocycles. The van der Waals surface area contributed by atoms with Crippen molar-refractivity contribution in [3.8, 4) is 0 Å². The fraction of sp³-hybridized carbons (Fsp3) is 0.889. The molecule has 0 nitrogen and oxygen atoms in total. The Kier molecular flexibility index (Phi) is 1.48. The summed E-state index contributed by atoms with van der Waals surface area (Å²) in [5.74, 6) is 3.00. The van der Waals surface area contributed by atoms with E-state index in [0.717, 1.165) is 5.92 Å². The molecule has 0 aromatic heterocycles. The SMILES string of the molecule is C1C[C]2CCCC(C1)C2. The first kappa shape index (κ1) is 5.76. The molecule has 0 aromatic carbocycles. The summed E-state index contributed by atoms with van der Waals surface area (Å²) in [5, 5.41) is 0. The molecule has 51 valence electrons. The summed E-state index contributed by atoms with van der Waals surface area (Å²) in [4.78, 5) is 0. The maximum Gasteiger partial charge on any atom is -0.0238 e. The van der Waals surface area contributed by atoms with E-state index in [9.17, 15) is 0 Å². The highest BCUT2D eigenvalue weighted by atomic mass is 14.3. The Balaban J connectivity index is 1.96. The second kappa shape index (κ2) is 2.32. The maximum absolute atomic E-state index is 1.89. The second-order valence-corrected chi connectivity index (χ2v) is 3.60. The molecule has 0 spiro atoms. The lowest BCUT2D eigenvalue weighted by molar-refractivity contribution is 0.297. The van der Waals surface area contributed by atoms with Crippen molar-refractivity contribution in [2.45, 2.75) is 44.9 Å². The number of hydrogen-bond donors (Lipinski definition) is 0. The summed E-state index contributed by atoms with van der Waals surface area (Å²) in [6, 6.07) is 0. The topological polar surface area (TPSA) is 0 Å². The third kappa shape index (κ3) is 1.12. The van der Waals surface area contributed by atoms with Crippen LogP contribution in [0, 0.1) is 11.8 Å². The van der Waals surface area contributed by atoms with E-state index in [0.29, 0.717) is 0 Å². The van der Waals surface area contributed by atoms with Gasteiger partial charge in [-0.3, -0.25) is 0 Å². The van der Waals surface area contributed by atoms with Gasteiger partial charge in [-0.15, -0.1) is 0 Å². The monoisotopic (exact) mass is 123 g/mol. The van der Waals surface area contributed by atoms with E-state index in [-0.39, 0.29) is 0 Å². The molecule has 0 N–H and O–H groups in total. The Hall–Kier alpha value is 0. The number of hydrogen-bond acceptors (Lipinski definition) is 0. The summed E-state index contributed by atoms with van der Waals surface area (Å²) in [5.41, 5.74) is 0. The molecule has 0 amide bonds. The molecule has 0 heteroatoms. The van der Waals surface area contributed by atoms with Crippen LogP contribution in [0.15, 0.2) is 0 Å². The van der Waals surface area contributed by atoms with Gasteiger partial charge < -0.3 is 0 Å². The molecule has 2 fully saturated rings. The van der Waals surface area contributed by atoms with Crippen LogP contribution in [-0.2, 0) is 0 Å². The third-order valence-corrected chi connectivity index (χ3v) is 2.86.